The Hall–Kier alpha value is -0.838. The van der Waals surface area contributed by atoms with Gasteiger partial charge in [-0.1, -0.05) is 19.6 Å². The summed E-state index contributed by atoms with van der Waals surface area (Å²) in [6.45, 7) is 6.48. The monoisotopic (exact) mass is 177 g/mol. The second-order valence-electron chi connectivity index (χ2n) is 3.78. The molecule has 12 heavy (non-hydrogen) atoms. The van der Waals surface area contributed by atoms with Gasteiger partial charge in [0.25, 0.3) is 0 Å². The van der Waals surface area contributed by atoms with E-state index in [1.165, 1.54) is 6.20 Å². The fourth-order valence-corrected chi connectivity index (χ4v) is 2.26. The predicted molar refractivity (Wildman–Crippen MR) is 54.8 cm³/mol. The molecule has 1 aromatic rings. The Bertz CT molecular complexity index is 295. The van der Waals surface area contributed by atoms with Crippen LogP contribution < -0.4 is 16.6 Å². The first-order valence-corrected chi connectivity index (χ1v) is 7.30. The molecule has 3 nitrogen and oxygen atoms in total. The molecule has 0 spiro atoms. The van der Waals surface area contributed by atoms with Crippen LogP contribution in [0.25, 0.3) is 0 Å². The molecule has 0 amide bonds. The normalized spacial score (nSPS) is 11.6. The first-order valence-electron chi connectivity index (χ1n) is 3.80. The van der Waals surface area contributed by atoms with Crippen LogP contribution in [-0.2, 0) is 0 Å². The Labute approximate surface area is 74.8 Å². The van der Waals surface area contributed by atoms with E-state index in [0.29, 0.717) is 11.4 Å². The third-order valence-corrected chi connectivity index (χ3v) is 3.32. The SMILES string of the molecule is [B]c1cnc(N)c([Si](C)(C)C)n1. The maximum Gasteiger partial charge on any atom is 0.143 e. The highest BCUT2D eigenvalue weighted by Gasteiger charge is 2.21. The summed E-state index contributed by atoms with van der Waals surface area (Å²) in [5, 5.41) is 0.891. The zero-order valence-electron chi connectivity index (χ0n) is 7.63. The molecule has 0 aliphatic heterocycles. The summed E-state index contributed by atoms with van der Waals surface area (Å²) in [7, 11) is 4.03. The van der Waals surface area contributed by atoms with Crippen LogP contribution in [0.15, 0.2) is 6.20 Å². The highest BCUT2D eigenvalue weighted by molar-refractivity contribution is 6.89. The first-order chi connectivity index (χ1) is 5.41. The van der Waals surface area contributed by atoms with Crippen LogP contribution in [0.5, 0.6) is 0 Å². The second-order valence-corrected chi connectivity index (χ2v) is 8.75. The number of hydrogen-bond acceptors (Lipinski definition) is 3. The van der Waals surface area contributed by atoms with Crippen molar-refractivity contribution in [1.29, 1.82) is 0 Å². The minimum Gasteiger partial charge on any atom is -0.383 e. The Kier molecular flexibility index (Phi) is 2.23. The van der Waals surface area contributed by atoms with Gasteiger partial charge in [-0.05, 0) is 0 Å². The second kappa shape index (κ2) is 2.90. The van der Waals surface area contributed by atoms with Crippen molar-refractivity contribution in [2.45, 2.75) is 19.6 Å². The van der Waals surface area contributed by atoms with Gasteiger partial charge in [-0.15, -0.1) is 0 Å². The van der Waals surface area contributed by atoms with Crippen LogP contribution in [0.4, 0.5) is 5.82 Å². The van der Waals surface area contributed by atoms with Crippen molar-refractivity contribution in [1.82, 2.24) is 9.97 Å². The van der Waals surface area contributed by atoms with E-state index in [0.717, 1.165) is 5.32 Å². The molecule has 0 aliphatic carbocycles. The lowest BCUT2D eigenvalue weighted by Gasteiger charge is -2.16. The largest absolute Gasteiger partial charge is 0.383 e. The van der Waals surface area contributed by atoms with Gasteiger partial charge < -0.3 is 5.73 Å². The quantitative estimate of drug-likeness (QED) is 0.582. The summed E-state index contributed by atoms with van der Waals surface area (Å²) in [6.07, 6.45) is 1.49. The number of nitrogens with two attached hydrogens (primary N) is 1. The third-order valence-electron chi connectivity index (χ3n) is 1.53. The molecule has 1 heterocycles. The molecule has 0 aliphatic rings. The summed E-state index contributed by atoms with van der Waals surface area (Å²) in [6, 6.07) is 0. The summed E-state index contributed by atoms with van der Waals surface area (Å²) in [5.74, 6) is 0.517. The molecule has 0 atom stereocenters. The fraction of sp³-hybridized carbons (Fsp3) is 0.429. The van der Waals surface area contributed by atoms with Gasteiger partial charge in [0.05, 0.1) is 5.32 Å². The van der Waals surface area contributed by atoms with E-state index in [4.69, 9.17) is 13.6 Å². The molecule has 2 radical (unpaired) electrons. The Morgan fingerprint density at radius 2 is 2.00 bits per heavy atom. The predicted octanol–water partition coefficient (Wildman–Crippen LogP) is -0.602. The van der Waals surface area contributed by atoms with Gasteiger partial charge in [0.2, 0.25) is 0 Å². The smallest absolute Gasteiger partial charge is 0.143 e. The number of hydrogen-bond donors (Lipinski definition) is 1. The molecule has 62 valence electrons. The average molecular weight is 177 g/mol. The van der Waals surface area contributed by atoms with Gasteiger partial charge in [0.15, 0.2) is 0 Å². The van der Waals surface area contributed by atoms with Crippen LogP contribution in [-0.4, -0.2) is 25.9 Å². The van der Waals surface area contributed by atoms with E-state index >= 15 is 0 Å². The van der Waals surface area contributed by atoms with Gasteiger partial charge in [-0.25, -0.2) is 4.98 Å². The number of rotatable bonds is 1. The Morgan fingerprint density at radius 1 is 1.42 bits per heavy atom. The highest BCUT2D eigenvalue weighted by Crippen LogP contribution is 2.02. The van der Waals surface area contributed by atoms with Crippen molar-refractivity contribution in [3.63, 3.8) is 0 Å². The molecule has 1 rings (SSSR count). The molecule has 0 aromatic carbocycles. The van der Waals surface area contributed by atoms with Crippen molar-refractivity contribution in [2.75, 3.05) is 5.73 Å². The molecule has 0 saturated carbocycles. The molecule has 0 bridgehead atoms. The topological polar surface area (TPSA) is 51.8 Å². The van der Waals surface area contributed by atoms with E-state index in [1.54, 1.807) is 0 Å². The van der Waals surface area contributed by atoms with E-state index in [-0.39, 0.29) is 0 Å². The number of nitrogen functional groups attached to an aromatic ring is 1. The molecule has 0 fully saturated rings. The number of nitrogens with zero attached hydrogens (tertiary/aromatic N) is 2. The minimum absolute atomic E-state index is 0.446. The zero-order chi connectivity index (χ0) is 9.35. The molecule has 2 N–H and O–H groups in total. The van der Waals surface area contributed by atoms with E-state index in [2.05, 4.69) is 29.6 Å². The minimum atomic E-state index is -1.49. The van der Waals surface area contributed by atoms with Gasteiger partial charge >= 0.3 is 0 Å². The third kappa shape index (κ3) is 1.85. The van der Waals surface area contributed by atoms with E-state index in [1.807, 2.05) is 0 Å². The van der Waals surface area contributed by atoms with Gasteiger partial charge in [-0.3, -0.25) is 4.98 Å². The van der Waals surface area contributed by atoms with Crippen molar-refractivity contribution in [3.8, 4) is 0 Å². The van der Waals surface area contributed by atoms with E-state index < -0.39 is 8.07 Å². The average Bonchev–Trinajstić information content (AvgIpc) is 1.92. The molecule has 5 heteroatoms. The molecule has 0 unspecified atom stereocenters. The van der Waals surface area contributed by atoms with Crippen LogP contribution >= 0.6 is 0 Å². The van der Waals surface area contributed by atoms with Crippen molar-refractivity contribution < 1.29 is 0 Å². The van der Waals surface area contributed by atoms with Crippen molar-refractivity contribution >= 4 is 32.6 Å². The summed E-state index contributed by atoms with van der Waals surface area (Å²) in [4.78, 5) is 8.17. The Morgan fingerprint density at radius 3 is 2.42 bits per heavy atom. The maximum atomic E-state index is 5.68. The first kappa shape index (κ1) is 9.25. The van der Waals surface area contributed by atoms with Gasteiger partial charge in [-0.2, -0.15) is 0 Å². The van der Waals surface area contributed by atoms with E-state index in [9.17, 15) is 0 Å². The zero-order valence-corrected chi connectivity index (χ0v) is 8.63. The standard InChI is InChI=1S/C7H12BN3Si/c1-12(2,3)7-6(9)10-4-5(8)11-7/h4H,1-3H3,(H2,9,10). The fourth-order valence-electron chi connectivity index (χ4n) is 0.964. The lowest BCUT2D eigenvalue weighted by atomic mass is 10.1. The van der Waals surface area contributed by atoms with Crippen LogP contribution in [0.1, 0.15) is 0 Å². The highest BCUT2D eigenvalue weighted by atomic mass is 28.3. The van der Waals surface area contributed by atoms with Crippen molar-refractivity contribution in [3.05, 3.63) is 6.20 Å². The molecule has 0 saturated heterocycles. The van der Waals surface area contributed by atoms with Crippen molar-refractivity contribution in [2.24, 2.45) is 0 Å². The van der Waals surface area contributed by atoms with Gasteiger partial charge in [0, 0.05) is 11.8 Å². The summed E-state index contributed by atoms with van der Waals surface area (Å²) < 4.78 is 0. The van der Waals surface area contributed by atoms with Gasteiger partial charge in [0.1, 0.15) is 21.7 Å². The molecular weight excluding hydrogens is 165 g/mol. The Balaban J connectivity index is 3.23. The summed E-state index contributed by atoms with van der Waals surface area (Å²) in [5.41, 5.74) is 6.13. The number of anilines is 1. The van der Waals surface area contributed by atoms with Crippen LogP contribution in [0, 0.1) is 0 Å². The lowest BCUT2D eigenvalue weighted by molar-refractivity contribution is 1.28. The molecular formula is C7H12BN3Si. The lowest BCUT2D eigenvalue weighted by Crippen LogP contribution is -2.45. The van der Waals surface area contributed by atoms with Crippen LogP contribution in [0.2, 0.25) is 19.6 Å². The number of aromatic nitrogens is 2. The summed E-state index contributed by atoms with van der Waals surface area (Å²) >= 11 is 0. The molecule has 1 aromatic heterocycles. The maximum absolute atomic E-state index is 5.68. The van der Waals surface area contributed by atoms with Crippen LogP contribution in [0.3, 0.4) is 0 Å².